The van der Waals surface area contributed by atoms with Gasteiger partial charge < -0.3 is 11.1 Å². The summed E-state index contributed by atoms with van der Waals surface area (Å²) in [5.74, 6) is 2.66. The Morgan fingerprint density at radius 2 is 2.28 bits per heavy atom. The predicted molar refractivity (Wildman–Crippen MR) is 75.0 cm³/mol. The minimum atomic E-state index is 0.434. The van der Waals surface area contributed by atoms with E-state index in [4.69, 9.17) is 5.73 Å². The minimum Gasteiger partial charge on any atom is -0.370 e. The van der Waals surface area contributed by atoms with Gasteiger partial charge in [-0.05, 0) is 43.1 Å². The zero-order valence-electron chi connectivity index (χ0n) is 11.3. The Kier molecular flexibility index (Phi) is 2.92. The lowest BCUT2D eigenvalue weighted by atomic mass is 9.73. The number of rotatable bonds is 2. The van der Waals surface area contributed by atoms with Crippen molar-refractivity contribution in [3.05, 3.63) is 23.4 Å². The molecule has 0 aromatic heterocycles. The molecule has 1 aliphatic heterocycles. The molecule has 0 amide bonds. The molecule has 0 spiro atoms. The van der Waals surface area contributed by atoms with E-state index in [0.29, 0.717) is 23.8 Å². The quantitative estimate of drug-likeness (QED) is 0.785. The molecule has 2 aliphatic carbocycles. The Labute approximate surface area is 109 Å². The summed E-state index contributed by atoms with van der Waals surface area (Å²) in [6, 6.07) is 0.434. The maximum Gasteiger partial charge on any atom is 0.193 e. The Bertz CT molecular complexity index is 433. The molecule has 0 radical (unpaired) electrons. The van der Waals surface area contributed by atoms with Crippen LogP contribution < -0.4 is 11.1 Å². The fraction of sp³-hybridized carbons (Fsp3) is 0.667. The summed E-state index contributed by atoms with van der Waals surface area (Å²) >= 11 is 0. The zero-order chi connectivity index (χ0) is 12.7. The molecule has 98 valence electrons. The van der Waals surface area contributed by atoms with Crippen LogP contribution in [0, 0.1) is 17.8 Å². The van der Waals surface area contributed by atoms with Crippen molar-refractivity contribution in [1.29, 1.82) is 0 Å². The first-order valence-electron chi connectivity index (χ1n) is 7.21. The van der Waals surface area contributed by atoms with Crippen LogP contribution in [0.1, 0.15) is 39.5 Å². The van der Waals surface area contributed by atoms with Crippen LogP contribution in [-0.2, 0) is 0 Å². The number of hydrogen-bond acceptors (Lipinski definition) is 3. The molecular formula is C15H23N3. The second-order valence-electron chi connectivity index (χ2n) is 5.89. The number of allylic oxidation sites excluding steroid dienone is 3. The van der Waals surface area contributed by atoms with E-state index < -0.39 is 0 Å². The number of aliphatic imine (C=N–C) groups is 1. The maximum absolute atomic E-state index is 5.94. The Morgan fingerprint density at radius 1 is 1.44 bits per heavy atom. The first-order valence-corrected chi connectivity index (χ1v) is 7.21. The van der Waals surface area contributed by atoms with E-state index in [1.165, 1.54) is 30.5 Å². The first kappa shape index (κ1) is 11.8. The highest BCUT2D eigenvalue weighted by Gasteiger charge is 2.45. The fourth-order valence-corrected chi connectivity index (χ4v) is 3.94. The molecule has 3 rings (SSSR count). The molecule has 4 atom stereocenters. The lowest BCUT2D eigenvalue weighted by Gasteiger charge is -2.38. The normalized spacial score (nSPS) is 38.7. The summed E-state index contributed by atoms with van der Waals surface area (Å²) < 4.78 is 0. The van der Waals surface area contributed by atoms with Gasteiger partial charge in [-0.3, -0.25) is 0 Å². The minimum absolute atomic E-state index is 0.434. The number of guanidine groups is 1. The van der Waals surface area contributed by atoms with Crippen molar-refractivity contribution < 1.29 is 0 Å². The molecule has 0 aromatic carbocycles. The molecule has 3 heteroatoms. The molecule has 3 nitrogen and oxygen atoms in total. The van der Waals surface area contributed by atoms with Crippen LogP contribution >= 0.6 is 0 Å². The molecule has 1 fully saturated rings. The van der Waals surface area contributed by atoms with Crippen LogP contribution in [0.15, 0.2) is 28.4 Å². The lowest BCUT2D eigenvalue weighted by molar-refractivity contribution is 0.309. The van der Waals surface area contributed by atoms with Gasteiger partial charge in [0.05, 0.1) is 6.04 Å². The van der Waals surface area contributed by atoms with Gasteiger partial charge in [0.15, 0.2) is 5.96 Å². The first-order chi connectivity index (χ1) is 8.70. The second-order valence-corrected chi connectivity index (χ2v) is 5.89. The molecule has 1 heterocycles. The van der Waals surface area contributed by atoms with Crippen molar-refractivity contribution in [1.82, 2.24) is 5.32 Å². The predicted octanol–water partition coefficient (Wildman–Crippen LogP) is 2.56. The number of nitrogens with two attached hydrogens (primary N) is 1. The van der Waals surface area contributed by atoms with E-state index in [1.807, 2.05) is 0 Å². The van der Waals surface area contributed by atoms with Crippen LogP contribution in [-0.4, -0.2) is 12.0 Å². The summed E-state index contributed by atoms with van der Waals surface area (Å²) in [5.41, 5.74) is 8.78. The molecule has 18 heavy (non-hydrogen) atoms. The van der Waals surface area contributed by atoms with Gasteiger partial charge in [0.1, 0.15) is 0 Å². The van der Waals surface area contributed by atoms with Gasteiger partial charge in [-0.15, -0.1) is 0 Å². The van der Waals surface area contributed by atoms with Crippen molar-refractivity contribution in [2.75, 3.05) is 0 Å². The molecule has 3 aliphatic rings. The molecule has 0 unspecified atom stereocenters. The largest absolute Gasteiger partial charge is 0.370 e. The smallest absolute Gasteiger partial charge is 0.193 e. The third-order valence-corrected chi connectivity index (χ3v) is 4.69. The molecule has 0 bridgehead atoms. The Morgan fingerprint density at radius 3 is 3.06 bits per heavy atom. The van der Waals surface area contributed by atoms with E-state index in [9.17, 15) is 0 Å². The van der Waals surface area contributed by atoms with Crippen molar-refractivity contribution in [2.24, 2.45) is 28.5 Å². The molecule has 1 saturated carbocycles. The summed E-state index contributed by atoms with van der Waals surface area (Å²) in [5, 5.41) is 3.36. The average molecular weight is 245 g/mol. The average Bonchev–Trinajstić information content (AvgIpc) is 2.72. The highest BCUT2D eigenvalue weighted by molar-refractivity contribution is 5.81. The van der Waals surface area contributed by atoms with Gasteiger partial charge >= 0.3 is 0 Å². The van der Waals surface area contributed by atoms with Crippen LogP contribution in [0.4, 0.5) is 0 Å². The number of nitrogens with one attached hydrogen (secondary N) is 1. The topological polar surface area (TPSA) is 50.4 Å². The lowest BCUT2D eigenvalue weighted by Crippen LogP contribution is -2.45. The van der Waals surface area contributed by atoms with Crippen molar-refractivity contribution >= 4 is 5.96 Å². The van der Waals surface area contributed by atoms with Crippen LogP contribution in [0.25, 0.3) is 0 Å². The van der Waals surface area contributed by atoms with Gasteiger partial charge in [-0.1, -0.05) is 26.0 Å². The highest BCUT2D eigenvalue weighted by atomic mass is 15.2. The standard InChI is InChI=1S/C15H23N3/c1-3-4-5-11-9(2)8-10-6-7-12-13(10)14(11)18-15(16)17-12/h4-5,9-10,12-13H,3,6-8H2,1-2H3,(H3,16,17,18)/b5-4+/t9-,10-,12-,13+/m1/s1. The van der Waals surface area contributed by atoms with Gasteiger partial charge in [0, 0.05) is 11.6 Å². The van der Waals surface area contributed by atoms with Crippen molar-refractivity contribution in [3.63, 3.8) is 0 Å². The van der Waals surface area contributed by atoms with Gasteiger partial charge in [-0.25, -0.2) is 4.99 Å². The second kappa shape index (κ2) is 4.45. The van der Waals surface area contributed by atoms with E-state index >= 15 is 0 Å². The summed E-state index contributed by atoms with van der Waals surface area (Å²) in [6.45, 7) is 4.52. The van der Waals surface area contributed by atoms with Crippen LogP contribution in [0.3, 0.4) is 0 Å². The van der Waals surface area contributed by atoms with E-state index in [1.54, 1.807) is 0 Å². The summed E-state index contributed by atoms with van der Waals surface area (Å²) in [7, 11) is 0. The maximum atomic E-state index is 5.94. The van der Waals surface area contributed by atoms with Crippen molar-refractivity contribution in [3.8, 4) is 0 Å². The van der Waals surface area contributed by atoms with Crippen LogP contribution in [0.5, 0.6) is 0 Å². The fourth-order valence-electron chi connectivity index (χ4n) is 3.94. The van der Waals surface area contributed by atoms with E-state index in [-0.39, 0.29) is 0 Å². The third-order valence-electron chi connectivity index (χ3n) is 4.69. The van der Waals surface area contributed by atoms with E-state index in [2.05, 4.69) is 36.3 Å². The molecule has 0 saturated heterocycles. The third kappa shape index (κ3) is 1.76. The summed E-state index contributed by atoms with van der Waals surface area (Å²) in [6.07, 6.45) is 9.48. The highest BCUT2D eigenvalue weighted by Crippen LogP contribution is 2.48. The summed E-state index contributed by atoms with van der Waals surface area (Å²) in [4.78, 5) is 4.59. The monoisotopic (exact) mass is 245 g/mol. The van der Waals surface area contributed by atoms with Gasteiger partial charge in [0.25, 0.3) is 0 Å². The molecular weight excluding hydrogens is 222 g/mol. The van der Waals surface area contributed by atoms with Crippen molar-refractivity contribution in [2.45, 2.75) is 45.6 Å². The zero-order valence-corrected chi connectivity index (χ0v) is 11.3. The van der Waals surface area contributed by atoms with Gasteiger partial charge in [-0.2, -0.15) is 0 Å². The molecule has 0 aromatic rings. The number of hydrogen-bond donors (Lipinski definition) is 2. The SMILES string of the molecule is CC/C=C/C1=C2NC(N)=N[C@@H]3CC[C@H](C[C@H]1C)[C@H]23. The van der Waals surface area contributed by atoms with Crippen LogP contribution in [0.2, 0.25) is 0 Å². The molecule has 3 N–H and O–H groups in total. The Balaban J connectivity index is 2.04. The van der Waals surface area contributed by atoms with Gasteiger partial charge in [0.2, 0.25) is 0 Å². The van der Waals surface area contributed by atoms with E-state index in [0.717, 1.165) is 12.3 Å². The number of nitrogens with zero attached hydrogens (tertiary/aromatic N) is 1. The Hall–Kier alpha value is -1.25.